The second-order valence-corrected chi connectivity index (χ2v) is 3.20. The fourth-order valence-corrected chi connectivity index (χ4v) is 0.898. The van der Waals surface area contributed by atoms with Crippen molar-refractivity contribution >= 4 is 23.9 Å². The molecule has 0 fully saturated rings. The van der Waals surface area contributed by atoms with E-state index in [9.17, 15) is 19.2 Å². The molecule has 0 aliphatic rings. The van der Waals surface area contributed by atoms with Gasteiger partial charge < -0.3 is 20.4 Å². The Bertz CT molecular complexity index is 492. The highest BCUT2D eigenvalue weighted by atomic mass is 16.4. The molecular weight excluding hydrogens is 272 g/mol. The molecule has 0 aliphatic carbocycles. The number of benzene rings is 1. The Balaban J connectivity index is 0.000000396. The number of rotatable bonds is 4. The van der Waals surface area contributed by atoms with E-state index in [2.05, 4.69) is 0 Å². The van der Waals surface area contributed by atoms with Crippen LogP contribution in [0.1, 0.15) is 20.7 Å². The highest BCUT2D eigenvalue weighted by Crippen LogP contribution is 2.03. The molecule has 1 aromatic rings. The first-order valence-corrected chi connectivity index (χ1v) is 4.94. The molecule has 1 aromatic carbocycles. The summed E-state index contributed by atoms with van der Waals surface area (Å²) in [5.41, 5.74) is 0.167. The first-order valence-electron chi connectivity index (χ1n) is 4.94. The van der Waals surface area contributed by atoms with Crippen molar-refractivity contribution in [3.8, 4) is 0 Å². The van der Waals surface area contributed by atoms with Crippen molar-refractivity contribution in [3.63, 3.8) is 0 Å². The maximum atomic E-state index is 10.3. The van der Waals surface area contributed by atoms with Gasteiger partial charge in [-0.05, 0) is 24.3 Å². The molecule has 0 spiro atoms. The van der Waals surface area contributed by atoms with Gasteiger partial charge in [-0.25, -0.2) is 19.2 Å². The summed E-state index contributed by atoms with van der Waals surface area (Å²) in [4.78, 5) is 39.8. The first-order chi connectivity index (χ1) is 9.23. The molecule has 0 aliphatic heterocycles. The number of hydrogen-bond acceptors (Lipinski definition) is 4. The summed E-state index contributed by atoms with van der Waals surface area (Å²) in [6.45, 7) is 0. The van der Waals surface area contributed by atoms with Gasteiger partial charge in [0.05, 0.1) is 11.1 Å². The topological polar surface area (TPSA) is 149 Å². The summed E-state index contributed by atoms with van der Waals surface area (Å²) >= 11 is 0. The summed E-state index contributed by atoms with van der Waals surface area (Å²) in [5.74, 6) is -4.64. The number of carboxylic acid groups (broad SMARTS) is 4. The largest absolute Gasteiger partial charge is 0.478 e. The van der Waals surface area contributed by atoms with Crippen LogP contribution in [0.5, 0.6) is 0 Å². The third-order valence-corrected chi connectivity index (χ3v) is 1.75. The Morgan fingerprint density at radius 1 is 0.650 bits per heavy atom. The first kappa shape index (κ1) is 16.8. The second-order valence-electron chi connectivity index (χ2n) is 3.20. The molecule has 0 amide bonds. The molecule has 0 saturated heterocycles. The van der Waals surface area contributed by atoms with Crippen LogP contribution in [0.2, 0.25) is 0 Å². The van der Waals surface area contributed by atoms with Gasteiger partial charge >= 0.3 is 23.9 Å². The summed E-state index contributed by atoms with van der Waals surface area (Å²) in [6, 6.07) is 5.02. The van der Waals surface area contributed by atoms with E-state index in [0.29, 0.717) is 12.2 Å². The average molecular weight is 282 g/mol. The highest BCUT2D eigenvalue weighted by Gasteiger charge is 2.04. The maximum Gasteiger partial charge on any atom is 0.335 e. The molecule has 0 aromatic heterocycles. The highest BCUT2D eigenvalue weighted by molar-refractivity contribution is 5.91. The van der Waals surface area contributed by atoms with Crippen LogP contribution in [0.4, 0.5) is 0 Å². The lowest BCUT2D eigenvalue weighted by Gasteiger charge is -1.94. The van der Waals surface area contributed by atoms with Gasteiger partial charge in [0.1, 0.15) is 0 Å². The monoisotopic (exact) mass is 282 g/mol. The second kappa shape index (κ2) is 8.03. The molecule has 0 bridgehead atoms. The van der Waals surface area contributed by atoms with E-state index < -0.39 is 23.9 Å². The van der Waals surface area contributed by atoms with Crippen LogP contribution in [-0.2, 0) is 9.59 Å². The molecule has 20 heavy (non-hydrogen) atoms. The molecule has 4 N–H and O–H groups in total. The number of hydrogen-bond donors (Lipinski definition) is 4. The molecule has 8 nitrogen and oxygen atoms in total. The van der Waals surface area contributed by atoms with Crippen molar-refractivity contribution in [2.45, 2.75) is 0 Å². The molecular formula is C12H10O8. The Kier molecular flexibility index (Phi) is 6.76. The average Bonchev–Trinajstić information content (AvgIpc) is 2.37. The molecule has 0 radical (unpaired) electrons. The van der Waals surface area contributed by atoms with Crippen molar-refractivity contribution in [2.24, 2.45) is 0 Å². The van der Waals surface area contributed by atoms with Gasteiger partial charge in [-0.15, -0.1) is 0 Å². The zero-order valence-corrected chi connectivity index (χ0v) is 9.89. The lowest BCUT2D eigenvalue weighted by molar-refractivity contribution is -0.134. The Morgan fingerprint density at radius 3 is 1.05 bits per heavy atom. The van der Waals surface area contributed by atoms with Crippen molar-refractivity contribution in [1.29, 1.82) is 0 Å². The molecule has 0 heterocycles. The standard InChI is InChI=1S/C8H6O4.C4H4O4/c9-7(10)5-1-2-6(4-3-5)8(11)12;5-3(6)1-2-4(7)8/h1-4H,(H,9,10)(H,11,12);1-2H,(H,5,6)(H,7,8)/b;2-1+. The maximum absolute atomic E-state index is 10.3. The Morgan fingerprint density at radius 2 is 0.900 bits per heavy atom. The van der Waals surface area contributed by atoms with Crippen molar-refractivity contribution in [3.05, 3.63) is 47.5 Å². The van der Waals surface area contributed by atoms with Crippen LogP contribution < -0.4 is 0 Å². The molecule has 0 saturated carbocycles. The zero-order valence-electron chi connectivity index (χ0n) is 9.89. The summed E-state index contributed by atoms with van der Waals surface area (Å²) in [5, 5.41) is 32.6. The third kappa shape index (κ3) is 7.22. The number of aliphatic carboxylic acids is 2. The van der Waals surface area contributed by atoms with Crippen LogP contribution in [0.15, 0.2) is 36.4 Å². The lowest BCUT2D eigenvalue weighted by atomic mass is 10.1. The van der Waals surface area contributed by atoms with Gasteiger partial charge in [0.25, 0.3) is 0 Å². The molecule has 106 valence electrons. The van der Waals surface area contributed by atoms with Crippen molar-refractivity contribution in [1.82, 2.24) is 0 Å². The van der Waals surface area contributed by atoms with E-state index in [1.165, 1.54) is 24.3 Å². The van der Waals surface area contributed by atoms with Crippen molar-refractivity contribution < 1.29 is 39.6 Å². The molecule has 0 unspecified atom stereocenters. The number of carbonyl (C=O) groups is 4. The van der Waals surface area contributed by atoms with Crippen LogP contribution in [0.3, 0.4) is 0 Å². The van der Waals surface area contributed by atoms with Crippen molar-refractivity contribution in [2.75, 3.05) is 0 Å². The molecule has 1 rings (SSSR count). The predicted molar refractivity (Wildman–Crippen MR) is 64.8 cm³/mol. The van der Waals surface area contributed by atoms with E-state index in [1.54, 1.807) is 0 Å². The minimum atomic E-state index is -1.26. The van der Waals surface area contributed by atoms with E-state index in [0.717, 1.165) is 0 Å². The molecule has 8 heteroatoms. The lowest BCUT2D eigenvalue weighted by Crippen LogP contribution is -1.99. The quantitative estimate of drug-likeness (QED) is 0.592. The predicted octanol–water partition coefficient (Wildman–Crippen LogP) is 0.795. The van der Waals surface area contributed by atoms with Crippen LogP contribution in [-0.4, -0.2) is 44.3 Å². The fourth-order valence-electron chi connectivity index (χ4n) is 0.898. The zero-order chi connectivity index (χ0) is 15.7. The Hall–Kier alpha value is -3.16. The normalized spacial score (nSPS) is 9.40. The van der Waals surface area contributed by atoms with Crippen LogP contribution in [0.25, 0.3) is 0 Å². The van der Waals surface area contributed by atoms with E-state index >= 15 is 0 Å². The SMILES string of the molecule is O=C(O)/C=C/C(=O)O.O=C(O)c1ccc(C(=O)O)cc1. The molecule has 0 atom stereocenters. The van der Waals surface area contributed by atoms with Gasteiger partial charge in [-0.3, -0.25) is 0 Å². The fraction of sp³-hybridized carbons (Fsp3) is 0. The van der Waals surface area contributed by atoms with E-state index in [1.807, 2.05) is 0 Å². The van der Waals surface area contributed by atoms with Gasteiger partial charge in [-0.2, -0.15) is 0 Å². The van der Waals surface area contributed by atoms with E-state index in [4.69, 9.17) is 20.4 Å². The van der Waals surface area contributed by atoms with E-state index in [-0.39, 0.29) is 11.1 Å². The van der Waals surface area contributed by atoms with Gasteiger partial charge in [0.15, 0.2) is 0 Å². The minimum absolute atomic E-state index is 0.0833. The smallest absolute Gasteiger partial charge is 0.335 e. The Labute approximate surface area is 112 Å². The summed E-state index contributed by atoms with van der Waals surface area (Å²) in [7, 11) is 0. The summed E-state index contributed by atoms with van der Waals surface area (Å²) in [6.07, 6.45) is 1.12. The van der Waals surface area contributed by atoms with Gasteiger partial charge in [-0.1, -0.05) is 0 Å². The third-order valence-electron chi connectivity index (χ3n) is 1.75. The van der Waals surface area contributed by atoms with Crippen LogP contribution >= 0.6 is 0 Å². The van der Waals surface area contributed by atoms with Crippen LogP contribution in [0, 0.1) is 0 Å². The van der Waals surface area contributed by atoms with Gasteiger partial charge in [0, 0.05) is 12.2 Å². The summed E-state index contributed by atoms with van der Waals surface area (Å²) < 4.78 is 0. The number of aromatic carboxylic acids is 2. The number of carboxylic acids is 4. The van der Waals surface area contributed by atoms with Gasteiger partial charge in [0.2, 0.25) is 0 Å². The minimum Gasteiger partial charge on any atom is -0.478 e.